The van der Waals surface area contributed by atoms with Crippen molar-refractivity contribution in [2.24, 2.45) is 11.5 Å². The molecule has 0 saturated carbocycles. The van der Waals surface area contributed by atoms with Crippen LogP contribution in [0.15, 0.2) is 24.4 Å². The Balaban J connectivity index is 3.09. The van der Waals surface area contributed by atoms with E-state index in [0.29, 0.717) is 6.54 Å². The Kier molecular flexibility index (Phi) is 3.53. The maximum Gasteiger partial charge on any atom is 0.0184 e. The van der Waals surface area contributed by atoms with Crippen molar-refractivity contribution < 1.29 is 0 Å². The zero-order valence-electron chi connectivity index (χ0n) is 7.96. The van der Waals surface area contributed by atoms with Gasteiger partial charge in [0.25, 0.3) is 0 Å². The van der Waals surface area contributed by atoms with Crippen LogP contribution in [0.1, 0.15) is 23.6 Å². The Morgan fingerprint density at radius 3 is 2.69 bits per heavy atom. The van der Waals surface area contributed by atoms with E-state index >= 15 is 0 Å². The molecule has 2 nitrogen and oxygen atoms in total. The normalized spacial score (nSPS) is 10.9. The standard InChI is InChI=1S/C11H16N2/c1-2-9-3-4-11(8-13)10(7-9)5-6-12/h3-7H,2,8,12-13H2,1H3/b6-5-. The summed E-state index contributed by atoms with van der Waals surface area (Å²) in [5.74, 6) is 0. The average Bonchev–Trinajstić information content (AvgIpc) is 2.18. The third-order valence-corrected chi connectivity index (χ3v) is 2.11. The summed E-state index contributed by atoms with van der Waals surface area (Å²) in [5, 5.41) is 0. The maximum atomic E-state index is 5.60. The van der Waals surface area contributed by atoms with E-state index in [4.69, 9.17) is 11.5 Å². The molecule has 70 valence electrons. The van der Waals surface area contributed by atoms with Crippen LogP contribution in [-0.2, 0) is 13.0 Å². The van der Waals surface area contributed by atoms with Crippen molar-refractivity contribution in [2.75, 3.05) is 0 Å². The number of hydrogen-bond acceptors (Lipinski definition) is 2. The topological polar surface area (TPSA) is 52.0 Å². The monoisotopic (exact) mass is 176 g/mol. The van der Waals surface area contributed by atoms with Gasteiger partial charge < -0.3 is 11.5 Å². The van der Waals surface area contributed by atoms with Crippen molar-refractivity contribution in [3.63, 3.8) is 0 Å². The molecule has 0 spiro atoms. The first kappa shape index (κ1) is 9.81. The molecule has 0 aliphatic rings. The molecule has 0 bridgehead atoms. The molecule has 0 aliphatic heterocycles. The van der Waals surface area contributed by atoms with E-state index < -0.39 is 0 Å². The van der Waals surface area contributed by atoms with E-state index in [9.17, 15) is 0 Å². The van der Waals surface area contributed by atoms with Crippen LogP contribution in [0.5, 0.6) is 0 Å². The Bertz CT molecular complexity index is 303. The second kappa shape index (κ2) is 4.67. The van der Waals surface area contributed by atoms with Crippen LogP contribution in [0.3, 0.4) is 0 Å². The van der Waals surface area contributed by atoms with Crippen molar-refractivity contribution in [1.29, 1.82) is 0 Å². The van der Waals surface area contributed by atoms with Gasteiger partial charge in [0.15, 0.2) is 0 Å². The largest absolute Gasteiger partial charge is 0.405 e. The number of aryl methyl sites for hydroxylation is 1. The second-order valence-electron chi connectivity index (χ2n) is 2.95. The van der Waals surface area contributed by atoms with Gasteiger partial charge in [0.2, 0.25) is 0 Å². The third-order valence-electron chi connectivity index (χ3n) is 2.11. The number of hydrogen-bond donors (Lipinski definition) is 2. The molecule has 0 saturated heterocycles. The van der Waals surface area contributed by atoms with Crippen LogP contribution in [0.2, 0.25) is 0 Å². The highest BCUT2D eigenvalue weighted by Crippen LogP contribution is 2.13. The molecule has 0 aromatic heterocycles. The van der Waals surface area contributed by atoms with Gasteiger partial charge in [-0.1, -0.05) is 25.1 Å². The minimum absolute atomic E-state index is 0.559. The summed E-state index contributed by atoms with van der Waals surface area (Å²) in [6.45, 7) is 2.69. The first-order valence-electron chi connectivity index (χ1n) is 4.52. The zero-order valence-corrected chi connectivity index (χ0v) is 7.96. The molecule has 0 atom stereocenters. The molecule has 0 amide bonds. The van der Waals surface area contributed by atoms with Crippen molar-refractivity contribution >= 4 is 6.08 Å². The summed E-state index contributed by atoms with van der Waals surface area (Å²) in [4.78, 5) is 0. The predicted octanol–water partition coefficient (Wildman–Crippen LogP) is 1.64. The molecule has 0 heterocycles. The highest BCUT2D eigenvalue weighted by Gasteiger charge is 1.98. The van der Waals surface area contributed by atoms with E-state index in [0.717, 1.165) is 17.5 Å². The number of rotatable bonds is 3. The molecule has 0 unspecified atom stereocenters. The minimum Gasteiger partial charge on any atom is -0.405 e. The Morgan fingerprint density at radius 1 is 1.38 bits per heavy atom. The fourth-order valence-corrected chi connectivity index (χ4v) is 1.31. The number of nitrogens with two attached hydrogens (primary N) is 2. The van der Waals surface area contributed by atoms with Gasteiger partial charge in [-0.15, -0.1) is 0 Å². The van der Waals surface area contributed by atoms with Crippen LogP contribution in [0.25, 0.3) is 6.08 Å². The molecule has 0 aliphatic carbocycles. The summed E-state index contributed by atoms with van der Waals surface area (Å²) < 4.78 is 0. The van der Waals surface area contributed by atoms with Gasteiger partial charge in [-0.05, 0) is 35.4 Å². The van der Waals surface area contributed by atoms with Gasteiger partial charge in [0, 0.05) is 6.54 Å². The van der Waals surface area contributed by atoms with Gasteiger partial charge in [0.1, 0.15) is 0 Å². The van der Waals surface area contributed by atoms with E-state index in [-0.39, 0.29) is 0 Å². The molecular weight excluding hydrogens is 160 g/mol. The number of benzene rings is 1. The molecule has 1 rings (SSSR count). The van der Waals surface area contributed by atoms with Gasteiger partial charge in [-0.3, -0.25) is 0 Å². The summed E-state index contributed by atoms with van der Waals surface area (Å²) in [7, 11) is 0. The van der Waals surface area contributed by atoms with Crippen molar-refractivity contribution in [3.05, 3.63) is 41.1 Å². The summed E-state index contributed by atoms with van der Waals surface area (Å²) >= 11 is 0. The average molecular weight is 176 g/mol. The van der Waals surface area contributed by atoms with Gasteiger partial charge in [-0.25, -0.2) is 0 Å². The highest BCUT2D eigenvalue weighted by molar-refractivity contribution is 5.54. The highest BCUT2D eigenvalue weighted by atomic mass is 14.5. The predicted molar refractivity (Wildman–Crippen MR) is 56.9 cm³/mol. The van der Waals surface area contributed by atoms with Gasteiger partial charge in [-0.2, -0.15) is 0 Å². The van der Waals surface area contributed by atoms with E-state index in [1.54, 1.807) is 6.20 Å². The van der Waals surface area contributed by atoms with Gasteiger partial charge in [0.05, 0.1) is 0 Å². The third kappa shape index (κ3) is 2.33. The molecular formula is C11H16N2. The Morgan fingerprint density at radius 2 is 2.15 bits per heavy atom. The lowest BCUT2D eigenvalue weighted by atomic mass is 10.0. The molecule has 4 N–H and O–H groups in total. The van der Waals surface area contributed by atoms with Crippen LogP contribution in [-0.4, -0.2) is 0 Å². The maximum absolute atomic E-state index is 5.60. The Labute approximate surface area is 79.2 Å². The molecule has 1 aromatic carbocycles. The van der Waals surface area contributed by atoms with Gasteiger partial charge >= 0.3 is 0 Å². The van der Waals surface area contributed by atoms with E-state index in [1.807, 2.05) is 6.08 Å². The molecule has 1 aromatic rings. The first-order chi connectivity index (χ1) is 6.31. The van der Waals surface area contributed by atoms with Crippen molar-refractivity contribution in [3.8, 4) is 0 Å². The first-order valence-corrected chi connectivity index (χ1v) is 4.52. The molecule has 0 fully saturated rings. The fourth-order valence-electron chi connectivity index (χ4n) is 1.31. The molecule has 13 heavy (non-hydrogen) atoms. The van der Waals surface area contributed by atoms with Crippen LogP contribution < -0.4 is 11.5 Å². The summed E-state index contributed by atoms with van der Waals surface area (Å²) in [6, 6.07) is 6.30. The van der Waals surface area contributed by atoms with Crippen LogP contribution >= 0.6 is 0 Å². The fraction of sp³-hybridized carbons (Fsp3) is 0.273. The lowest BCUT2D eigenvalue weighted by molar-refractivity contribution is 1.05. The van der Waals surface area contributed by atoms with E-state index in [1.165, 1.54) is 5.56 Å². The SMILES string of the molecule is CCc1ccc(CN)c(/C=C\N)c1. The summed E-state index contributed by atoms with van der Waals surface area (Å²) in [6.07, 6.45) is 4.48. The summed E-state index contributed by atoms with van der Waals surface area (Å²) in [5.41, 5.74) is 14.5. The lowest BCUT2D eigenvalue weighted by Crippen LogP contribution is -1.99. The lowest BCUT2D eigenvalue weighted by Gasteiger charge is -2.05. The minimum atomic E-state index is 0.559. The zero-order chi connectivity index (χ0) is 9.68. The van der Waals surface area contributed by atoms with Crippen molar-refractivity contribution in [2.45, 2.75) is 19.9 Å². The molecule has 0 radical (unpaired) electrons. The molecule has 2 heteroatoms. The van der Waals surface area contributed by atoms with Crippen LogP contribution in [0.4, 0.5) is 0 Å². The Hall–Kier alpha value is -1.28. The second-order valence-corrected chi connectivity index (χ2v) is 2.95. The quantitative estimate of drug-likeness (QED) is 0.735. The smallest absolute Gasteiger partial charge is 0.0184 e. The van der Waals surface area contributed by atoms with Crippen molar-refractivity contribution in [1.82, 2.24) is 0 Å². The van der Waals surface area contributed by atoms with Crippen LogP contribution in [0, 0.1) is 0 Å². The van der Waals surface area contributed by atoms with E-state index in [2.05, 4.69) is 25.1 Å².